The molecule has 0 N–H and O–H groups in total. The summed E-state index contributed by atoms with van der Waals surface area (Å²) in [5.74, 6) is 1.12. The highest BCUT2D eigenvalue weighted by molar-refractivity contribution is 6.31. The standard InChI is InChI=1S/C12H15ClO3/c1-12(2,7-14)8-5-10(15-3)11(16-4)6-9(8)13/h5-7H,1-4H3. The summed E-state index contributed by atoms with van der Waals surface area (Å²) in [5.41, 5.74) is 0.0817. The second-order valence-electron chi connectivity index (χ2n) is 4.03. The minimum absolute atomic E-state index is 0.495. The molecule has 0 aromatic heterocycles. The molecular formula is C12H15ClO3. The molecule has 88 valence electrons. The van der Waals surface area contributed by atoms with Gasteiger partial charge in [0.15, 0.2) is 11.5 Å². The minimum Gasteiger partial charge on any atom is -0.493 e. The lowest BCUT2D eigenvalue weighted by Crippen LogP contribution is -2.19. The molecular weight excluding hydrogens is 228 g/mol. The van der Waals surface area contributed by atoms with Gasteiger partial charge >= 0.3 is 0 Å². The zero-order chi connectivity index (χ0) is 12.3. The topological polar surface area (TPSA) is 35.5 Å². The molecule has 1 rings (SSSR count). The SMILES string of the molecule is COc1cc(Cl)c(C(C)(C)C=O)cc1OC. The highest BCUT2D eigenvalue weighted by Gasteiger charge is 2.24. The Morgan fingerprint density at radius 1 is 1.19 bits per heavy atom. The van der Waals surface area contributed by atoms with E-state index in [1.807, 2.05) is 0 Å². The van der Waals surface area contributed by atoms with Crippen LogP contribution in [0.15, 0.2) is 12.1 Å². The number of methoxy groups -OCH3 is 2. The number of hydrogen-bond acceptors (Lipinski definition) is 3. The van der Waals surface area contributed by atoms with Crippen molar-refractivity contribution in [2.24, 2.45) is 0 Å². The van der Waals surface area contributed by atoms with E-state index in [1.54, 1.807) is 40.2 Å². The van der Waals surface area contributed by atoms with Crippen LogP contribution in [0, 0.1) is 0 Å². The van der Waals surface area contributed by atoms with Crippen LogP contribution in [0.1, 0.15) is 19.4 Å². The van der Waals surface area contributed by atoms with Crippen molar-refractivity contribution in [2.75, 3.05) is 14.2 Å². The van der Waals surface area contributed by atoms with E-state index in [4.69, 9.17) is 21.1 Å². The number of carbonyl (C=O) groups excluding carboxylic acids is 1. The van der Waals surface area contributed by atoms with E-state index in [2.05, 4.69) is 0 Å². The van der Waals surface area contributed by atoms with Gasteiger partial charge in [0.2, 0.25) is 0 Å². The van der Waals surface area contributed by atoms with Crippen LogP contribution < -0.4 is 9.47 Å². The molecule has 1 aromatic carbocycles. The molecule has 0 aliphatic carbocycles. The van der Waals surface area contributed by atoms with Gasteiger partial charge in [-0.15, -0.1) is 0 Å². The van der Waals surface area contributed by atoms with Crippen LogP contribution >= 0.6 is 11.6 Å². The highest BCUT2D eigenvalue weighted by Crippen LogP contribution is 2.37. The van der Waals surface area contributed by atoms with E-state index in [0.717, 1.165) is 11.8 Å². The predicted molar refractivity (Wildman–Crippen MR) is 63.6 cm³/mol. The monoisotopic (exact) mass is 242 g/mol. The Bertz CT molecular complexity index is 399. The quantitative estimate of drug-likeness (QED) is 0.762. The van der Waals surface area contributed by atoms with Crippen molar-refractivity contribution in [1.82, 2.24) is 0 Å². The third-order valence-electron chi connectivity index (χ3n) is 2.46. The Balaban J connectivity index is 3.37. The summed E-state index contributed by atoms with van der Waals surface area (Å²) in [4.78, 5) is 11.0. The molecule has 0 unspecified atom stereocenters. The summed E-state index contributed by atoms with van der Waals surface area (Å²) in [5, 5.41) is 0.495. The maximum Gasteiger partial charge on any atom is 0.162 e. The third kappa shape index (κ3) is 2.30. The summed E-state index contributed by atoms with van der Waals surface area (Å²) >= 11 is 6.11. The van der Waals surface area contributed by atoms with Gasteiger partial charge < -0.3 is 14.3 Å². The van der Waals surface area contributed by atoms with E-state index >= 15 is 0 Å². The van der Waals surface area contributed by atoms with Crippen molar-refractivity contribution in [3.63, 3.8) is 0 Å². The number of benzene rings is 1. The van der Waals surface area contributed by atoms with E-state index in [1.165, 1.54) is 0 Å². The van der Waals surface area contributed by atoms with Gasteiger partial charge in [-0.2, -0.15) is 0 Å². The zero-order valence-electron chi connectivity index (χ0n) is 9.83. The van der Waals surface area contributed by atoms with E-state index in [9.17, 15) is 4.79 Å². The minimum atomic E-state index is -0.642. The Hall–Kier alpha value is -1.22. The van der Waals surface area contributed by atoms with Crippen LogP contribution in [0.25, 0.3) is 0 Å². The summed E-state index contributed by atoms with van der Waals surface area (Å²) in [6.07, 6.45) is 0.861. The lowest BCUT2D eigenvalue weighted by molar-refractivity contribution is -0.111. The molecule has 1 aromatic rings. The lowest BCUT2D eigenvalue weighted by atomic mass is 9.86. The first-order valence-corrected chi connectivity index (χ1v) is 5.22. The molecule has 0 saturated carbocycles. The van der Waals surface area contributed by atoms with Gasteiger partial charge in [0.25, 0.3) is 0 Å². The molecule has 0 spiro atoms. The van der Waals surface area contributed by atoms with Crippen molar-refractivity contribution >= 4 is 17.9 Å². The van der Waals surface area contributed by atoms with Gasteiger partial charge in [0.1, 0.15) is 6.29 Å². The number of halogens is 1. The second-order valence-corrected chi connectivity index (χ2v) is 4.43. The Morgan fingerprint density at radius 2 is 1.69 bits per heavy atom. The van der Waals surface area contributed by atoms with E-state index in [-0.39, 0.29) is 0 Å². The van der Waals surface area contributed by atoms with Crippen LogP contribution in [0.4, 0.5) is 0 Å². The fraction of sp³-hybridized carbons (Fsp3) is 0.417. The molecule has 0 fully saturated rings. The summed E-state index contributed by atoms with van der Waals surface area (Å²) in [6, 6.07) is 3.39. The summed E-state index contributed by atoms with van der Waals surface area (Å²) in [7, 11) is 3.09. The van der Waals surface area contributed by atoms with Crippen molar-refractivity contribution < 1.29 is 14.3 Å². The molecule has 0 bridgehead atoms. The van der Waals surface area contributed by atoms with Gasteiger partial charge in [-0.25, -0.2) is 0 Å². The van der Waals surface area contributed by atoms with Gasteiger partial charge in [-0.1, -0.05) is 11.6 Å². The normalized spacial score (nSPS) is 11.1. The first kappa shape index (κ1) is 12.8. The van der Waals surface area contributed by atoms with E-state index in [0.29, 0.717) is 16.5 Å². The van der Waals surface area contributed by atoms with E-state index < -0.39 is 5.41 Å². The molecule has 0 heterocycles. The predicted octanol–water partition coefficient (Wildman–Crippen LogP) is 2.83. The summed E-state index contributed by atoms with van der Waals surface area (Å²) < 4.78 is 10.3. The van der Waals surface area contributed by atoms with Crippen LogP contribution in [-0.2, 0) is 10.2 Å². The van der Waals surface area contributed by atoms with Gasteiger partial charge in [-0.05, 0) is 25.5 Å². The van der Waals surface area contributed by atoms with Crippen LogP contribution in [0.2, 0.25) is 5.02 Å². The highest BCUT2D eigenvalue weighted by atomic mass is 35.5. The molecule has 0 atom stereocenters. The number of hydrogen-bond donors (Lipinski definition) is 0. The molecule has 4 heteroatoms. The van der Waals surface area contributed by atoms with Gasteiger partial charge in [-0.3, -0.25) is 0 Å². The van der Waals surface area contributed by atoms with Crippen LogP contribution in [-0.4, -0.2) is 20.5 Å². The van der Waals surface area contributed by atoms with Crippen molar-refractivity contribution in [3.05, 3.63) is 22.7 Å². The van der Waals surface area contributed by atoms with Crippen molar-refractivity contribution in [1.29, 1.82) is 0 Å². The summed E-state index contributed by atoms with van der Waals surface area (Å²) in [6.45, 7) is 3.60. The largest absolute Gasteiger partial charge is 0.493 e. The molecule has 0 radical (unpaired) electrons. The maximum atomic E-state index is 11.0. The average molecular weight is 243 g/mol. The molecule has 16 heavy (non-hydrogen) atoms. The Kier molecular flexibility index (Phi) is 3.81. The van der Waals surface area contributed by atoms with Crippen molar-refractivity contribution in [3.8, 4) is 11.5 Å². The second kappa shape index (κ2) is 4.74. The molecule has 0 aliphatic rings. The zero-order valence-corrected chi connectivity index (χ0v) is 10.6. The number of ether oxygens (including phenoxy) is 2. The molecule has 3 nitrogen and oxygen atoms in total. The Morgan fingerprint density at radius 3 is 2.12 bits per heavy atom. The number of carbonyl (C=O) groups is 1. The fourth-order valence-electron chi connectivity index (χ4n) is 1.41. The number of rotatable bonds is 4. The lowest BCUT2D eigenvalue weighted by Gasteiger charge is -2.21. The first-order chi connectivity index (χ1) is 7.46. The maximum absolute atomic E-state index is 11.0. The first-order valence-electron chi connectivity index (χ1n) is 4.84. The van der Waals surface area contributed by atoms with Gasteiger partial charge in [0.05, 0.1) is 14.2 Å². The molecule has 0 amide bonds. The van der Waals surface area contributed by atoms with Crippen LogP contribution in [0.3, 0.4) is 0 Å². The van der Waals surface area contributed by atoms with Crippen molar-refractivity contribution in [2.45, 2.75) is 19.3 Å². The third-order valence-corrected chi connectivity index (χ3v) is 2.77. The van der Waals surface area contributed by atoms with Gasteiger partial charge in [0, 0.05) is 16.5 Å². The fourth-order valence-corrected chi connectivity index (χ4v) is 1.81. The average Bonchev–Trinajstić information content (AvgIpc) is 2.28. The molecule has 0 saturated heterocycles. The van der Waals surface area contributed by atoms with Crippen LogP contribution in [0.5, 0.6) is 11.5 Å². The smallest absolute Gasteiger partial charge is 0.162 e. The molecule has 0 aliphatic heterocycles. The Labute approximate surface area is 100 Å². The number of aldehydes is 1.